The summed E-state index contributed by atoms with van der Waals surface area (Å²) < 4.78 is 11.8. The second-order valence-corrected chi connectivity index (χ2v) is 5.55. The van der Waals surface area contributed by atoms with Crippen molar-refractivity contribution < 1.29 is 10.9 Å². The van der Waals surface area contributed by atoms with Gasteiger partial charge < -0.3 is 15.2 Å². The van der Waals surface area contributed by atoms with Crippen LogP contribution in [0.4, 0.5) is 0 Å². The molecular formula is C17H29NO2. The van der Waals surface area contributed by atoms with Gasteiger partial charge in [0, 0.05) is 7.49 Å². The normalized spacial score (nSPS) is 16.1. The van der Waals surface area contributed by atoms with E-state index in [1.807, 2.05) is 24.3 Å². The van der Waals surface area contributed by atoms with E-state index in [0.717, 1.165) is 43.9 Å². The third-order valence-electron chi connectivity index (χ3n) is 3.78. The van der Waals surface area contributed by atoms with Crippen molar-refractivity contribution in [3.8, 4) is 11.5 Å². The van der Waals surface area contributed by atoms with Crippen LogP contribution in [-0.2, 0) is 0 Å². The number of rotatable bonds is 8. The predicted octanol–water partition coefficient (Wildman–Crippen LogP) is 4.15. The molecule has 0 radical (unpaired) electrons. The maximum absolute atomic E-state index is 6.04. The average molecular weight is 279 g/mol. The minimum atomic E-state index is 0. The standard InChI is InChI=1S/C17H27NO2.H2/c18-12-5-2-6-13-19-16-10-7-11-17(14-16)20-15-8-3-1-4-9-15;/h7,10-11,14-15H,1-6,8-9,12-13,18H2;1H. The molecule has 0 unspecified atom stereocenters. The smallest absolute Gasteiger partial charge is 0.123 e. The molecule has 20 heavy (non-hydrogen) atoms. The Morgan fingerprint density at radius 1 is 1.05 bits per heavy atom. The molecule has 1 aromatic rings. The molecule has 0 aliphatic heterocycles. The summed E-state index contributed by atoms with van der Waals surface area (Å²) in [5.41, 5.74) is 5.47. The molecule has 114 valence electrons. The molecule has 1 fully saturated rings. The highest BCUT2D eigenvalue weighted by Crippen LogP contribution is 2.26. The van der Waals surface area contributed by atoms with Gasteiger partial charge in [-0.3, -0.25) is 0 Å². The zero-order chi connectivity index (χ0) is 14.0. The van der Waals surface area contributed by atoms with E-state index in [9.17, 15) is 0 Å². The molecule has 1 aromatic carbocycles. The van der Waals surface area contributed by atoms with Crippen molar-refractivity contribution in [3.05, 3.63) is 24.3 Å². The van der Waals surface area contributed by atoms with Gasteiger partial charge >= 0.3 is 0 Å². The third-order valence-corrected chi connectivity index (χ3v) is 3.78. The number of benzene rings is 1. The van der Waals surface area contributed by atoms with E-state index in [2.05, 4.69) is 0 Å². The lowest BCUT2D eigenvalue weighted by molar-refractivity contribution is 0.154. The number of ether oxygens (including phenoxy) is 2. The van der Waals surface area contributed by atoms with E-state index >= 15 is 0 Å². The summed E-state index contributed by atoms with van der Waals surface area (Å²) in [7, 11) is 0. The van der Waals surface area contributed by atoms with Gasteiger partial charge in [-0.15, -0.1) is 0 Å². The highest BCUT2D eigenvalue weighted by Gasteiger charge is 2.14. The first kappa shape index (κ1) is 15.2. The topological polar surface area (TPSA) is 44.5 Å². The molecule has 0 aromatic heterocycles. The third kappa shape index (κ3) is 5.41. The fourth-order valence-electron chi connectivity index (χ4n) is 2.63. The zero-order valence-corrected chi connectivity index (χ0v) is 12.4. The van der Waals surface area contributed by atoms with Gasteiger partial charge in [0.1, 0.15) is 11.5 Å². The number of nitrogens with two attached hydrogens (primary N) is 1. The first-order valence-electron chi connectivity index (χ1n) is 7.98. The van der Waals surface area contributed by atoms with Crippen molar-refractivity contribution >= 4 is 0 Å². The molecule has 1 saturated carbocycles. The Balaban J connectivity index is 0.00000220. The van der Waals surface area contributed by atoms with Crippen LogP contribution in [0.3, 0.4) is 0 Å². The molecule has 1 aliphatic rings. The summed E-state index contributed by atoms with van der Waals surface area (Å²) in [4.78, 5) is 0. The number of unbranched alkanes of at least 4 members (excludes halogenated alkanes) is 2. The summed E-state index contributed by atoms with van der Waals surface area (Å²) in [6, 6.07) is 8.04. The Labute approximate surface area is 123 Å². The van der Waals surface area contributed by atoms with Crippen molar-refractivity contribution in [1.29, 1.82) is 0 Å². The fraction of sp³-hybridized carbons (Fsp3) is 0.647. The van der Waals surface area contributed by atoms with Crippen LogP contribution in [0.1, 0.15) is 52.8 Å². The minimum Gasteiger partial charge on any atom is -0.493 e. The second-order valence-electron chi connectivity index (χ2n) is 5.55. The Morgan fingerprint density at radius 2 is 1.85 bits per heavy atom. The molecule has 2 N–H and O–H groups in total. The molecule has 0 atom stereocenters. The van der Waals surface area contributed by atoms with Crippen molar-refractivity contribution in [3.63, 3.8) is 0 Å². The number of hydrogen-bond donors (Lipinski definition) is 1. The molecular weight excluding hydrogens is 250 g/mol. The van der Waals surface area contributed by atoms with Gasteiger partial charge in [-0.1, -0.05) is 12.5 Å². The van der Waals surface area contributed by atoms with Gasteiger partial charge in [-0.2, -0.15) is 0 Å². The van der Waals surface area contributed by atoms with E-state index in [0.29, 0.717) is 6.10 Å². The summed E-state index contributed by atoms with van der Waals surface area (Å²) in [5.74, 6) is 1.85. The van der Waals surface area contributed by atoms with Gasteiger partial charge in [0.15, 0.2) is 0 Å². The molecule has 0 bridgehead atoms. The first-order chi connectivity index (χ1) is 9.88. The van der Waals surface area contributed by atoms with Crippen LogP contribution >= 0.6 is 0 Å². The van der Waals surface area contributed by atoms with Crippen molar-refractivity contribution in [1.82, 2.24) is 0 Å². The molecule has 0 spiro atoms. The lowest BCUT2D eigenvalue weighted by Crippen LogP contribution is -2.19. The summed E-state index contributed by atoms with van der Waals surface area (Å²) >= 11 is 0. The molecule has 3 heteroatoms. The minimum absolute atomic E-state index is 0. The largest absolute Gasteiger partial charge is 0.493 e. The Kier molecular flexibility index (Phi) is 6.72. The van der Waals surface area contributed by atoms with E-state index in [-0.39, 0.29) is 1.43 Å². The lowest BCUT2D eigenvalue weighted by atomic mass is 9.98. The van der Waals surface area contributed by atoms with Gasteiger partial charge in [0.25, 0.3) is 0 Å². The summed E-state index contributed by atoms with van der Waals surface area (Å²) in [6.07, 6.45) is 9.97. The van der Waals surface area contributed by atoms with Crippen LogP contribution in [0.25, 0.3) is 0 Å². The SMILES string of the molecule is NCCCCCOc1cccc(OC2CCCCC2)c1.[HH]. The van der Waals surface area contributed by atoms with E-state index < -0.39 is 0 Å². The van der Waals surface area contributed by atoms with Crippen LogP contribution < -0.4 is 15.2 Å². The monoisotopic (exact) mass is 279 g/mol. The van der Waals surface area contributed by atoms with Gasteiger partial charge in [-0.25, -0.2) is 0 Å². The van der Waals surface area contributed by atoms with Gasteiger partial charge in [0.05, 0.1) is 12.7 Å². The summed E-state index contributed by atoms with van der Waals surface area (Å²) in [5, 5.41) is 0. The maximum Gasteiger partial charge on any atom is 0.123 e. The van der Waals surface area contributed by atoms with Crippen LogP contribution in [-0.4, -0.2) is 19.3 Å². The Hall–Kier alpha value is -1.22. The maximum atomic E-state index is 6.04. The molecule has 0 heterocycles. The molecule has 0 amide bonds. The van der Waals surface area contributed by atoms with Gasteiger partial charge in [-0.05, 0) is 63.6 Å². The lowest BCUT2D eigenvalue weighted by Gasteiger charge is -2.23. The molecule has 0 saturated heterocycles. The van der Waals surface area contributed by atoms with Gasteiger partial charge in [0.2, 0.25) is 0 Å². The van der Waals surface area contributed by atoms with Crippen LogP contribution in [0, 0.1) is 0 Å². The number of hydrogen-bond acceptors (Lipinski definition) is 3. The highest BCUT2D eigenvalue weighted by molar-refractivity contribution is 5.33. The van der Waals surface area contributed by atoms with Crippen molar-refractivity contribution in [2.45, 2.75) is 57.5 Å². The summed E-state index contributed by atoms with van der Waals surface area (Å²) in [6.45, 7) is 1.53. The van der Waals surface area contributed by atoms with E-state index in [1.54, 1.807) is 0 Å². The van der Waals surface area contributed by atoms with Crippen molar-refractivity contribution in [2.75, 3.05) is 13.2 Å². The fourth-order valence-corrected chi connectivity index (χ4v) is 2.63. The van der Waals surface area contributed by atoms with E-state index in [1.165, 1.54) is 32.1 Å². The quantitative estimate of drug-likeness (QED) is 0.727. The van der Waals surface area contributed by atoms with Crippen LogP contribution in [0.2, 0.25) is 0 Å². The van der Waals surface area contributed by atoms with Crippen LogP contribution in [0.15, 0.2) is 24.3 Å². The van der Waals surface area contributed by atoms with Crippen molar-refractivity contribution in [2.24, 2.45) is 5.73 Å². The molecule has 1 aliphatic carbocycles. The zero-order valence-electron chi connectivity index (χ0n) is 12.4. The van der Waals surface area contributed by atoms with E-state index in [4.69, 9.17) is 15.2 Å². The molecule has 2 rings (SSSR count). The second kappa shape index (κ2) is 8.85. The Morgan fingerprint density at radius 3 is 2.65 bits per heavy atom. The van der Waals surface area contributed by atoms with Crippen LogP contribution in [0.5, 0.6) is 11.5 Å². The highest BCUT2D eigenvalue weighted by atomic mass is 16.5. The first-order valence-corrected chi connectivity index (χ1v) is 7.98. The Bertz CT molecular complexity index is 381. The molecule has 3 nitrogen and oxygen atoms in total. The average Bonchev–Trinajstić information content (AvgIpc) is 2.48. The predicted molar refractivity (Wildman–Crippen MR) is 84.5 cm³/mol.